The molecule has 0 atom stereocenters. The van der Waals surface area contributed by atoms with E-state index in [2.05, 4.69) is 0 Å². The van der Waals surface area contributed by atoms with Gasteiger partial charge < -0.3 is 10.6 Å². The Morgan fingerprint density at radius 2 is 1.95 bits per heavy atom. The zero-order chi connectivity index (χ0) is 15.2. The minimum atomic E-state index is 0.110. The minimum absolute atomic E-state index is 0.110. The van der Waals surface area contributed by atoms with Gasteiger partial charge in [0.2, 0.25) is 5.91 Å². The zero-order valence-corrected chi connectivity index (χ0v) is 13.2. The van der Waals surface area contributed by atoms with Crippen LogP contribution >= 0.6 is 11.8 Å². The maximum Gasteiger partial charge on any atom is 0.237 e. The van der Waals surface area contributed by atoms with Crippen molar-refractivity contribution < 1.29 is 4.79 Å². The van der Waals surface area contributed by atoms with E-state index in [1.807, 2.05) is 67.3 Å². The van der Waals surface area contributed by atoms with Gasteiger partial charge in [0.25, 0.3) is 0 Å². The van der Waals surface area contributed by atoms with Crippen LogP contribution < -0.4 is 10.6 Å². The van der Waals surface area contributed by atoms with Crippen LogP contribution in [-0.2, 0) is 4.79 Å². The van der Waals surface area contributed by atoms with E-state index in [4.69, 9.17) is 5.73 Å². The Morgan fingerprint density at radius 3 is 2.62 bits per heavy atom. The number of nitrogen functional groups attached to an aromatic ring is 1. The Hall–Kier alpha value is -1.94. The van der Waals surface area contributed by atoms with Crippen molar-refractivity contribution in [2.24, 2.45) is 0 Å². The summed E-state index contributed by atoms with van der Waals surface area (Å²) in [6.45, 7) is 4.69. The van der Waals surface area contributed by atoms with E-state index < -0.39 is 0 Å². The molecule has 2 rings (SSSR count). The molecule has 4 heteroatoms. The Labute approximate surface area is 130 Å². The van der Waals surface area contributed by atoms with Crippen molar-refractivity contribution in [3.63, 3.8) is 0 Å². The Kier molecular flexibility index (Phi) is 5.28. The number of rotatable bonds is 5. The molecule has 0 spiro atoms. The van der Waals surface area contributed by atoms with Gasteiger partial charge in [0.05, 0.1) is 5.75 Å². The van der Waals surface area contributed by atoms with E-state index in [1.165, 1.54) is 11.8 Å². The molecule has 2 N–H and O–H groups in total. The molecule has 0 aliphatic heterocycles. The highest BCUT2D eigenvalue weighted by atomic mass is 32.2. The number of nitrogens with zero attached hydrogens (tertiary/aromatic N) is 1. The summed E-state index contributed by atoms with van der Waals surface area (Å²) in [6, 6.07) is 15.6. The molecular formula is C17H20N2OS. The molecule has 0 heterocycles. The highest BCUT2D eigenvalue weighted by molar-refractivity contribution is 8.00. The smallest absolute Gasteiger partial charge is 0.237 e. The summed E-state index contributed by atoms with van der Waals surface area (Å²) in [6.07, 6.45) is 0. The Bertz CT molecular complexity index is 628. The first-order chi connectivity index (χ1) is 10.1. The molecule has 0 saturated heterocycles. The number of hydrogen-bond donors (Lipinski definition) is 1. The molecular weight excluding hydrogens is 280 g/mol. The van der Waals surface area contributed by atoms with Crippen LogP contribution in [0.15, 0.2) is 53.4 Å². The van der Waals surface area contributed by atoms with E-state index >= 15 is 0 Å². The van der Waals surface area contributed by atoms with Crippen molar-refractivity contribution in [2.45, 2.75) is 18.7 Å². The van der Waals surface area contributed by atoms with Crippen LogP contribution in [0.3, 0.4) is 0 Å². The third-order valence-corrected chi connectivity index (χ3v) is 4.22. The van der Waals surface area contributed by atoms with Crippen molar-refractivity contribution in [3.05, 3.63) is 54.1 Å². The lowest BCUT2D eigenvalue weighted by molar-refractivity contribution is -0.116. The van der Waals surface area contributed by atoms with Gasteiger partial charge in [-0.2, -0.15) is 0 Å². The van der Waals surface area contributed by atoms with Crippen molar-refractivity contribution in [2.75, 3.05) is 22.9 Å². The molecule has 0 fully saturated rings. The maximum atomic E-state index is 12.5. The number of carbonyl (C=O) groups is 1. The van der Waals surface area contributed by atoms with Crippen LogP contribution in [0.1, 0.15) is 12.5 Å². The summed E-state index contributed by atoms with van der Waals surface area (Å²) in [4.78, 5) is 15.3. The second-order valence-corrected chi connectivity index (χ2v) is 5.83. The molecule has 1 amide bonds. The van der Waals surface area contributed by atoms with Gasteiger partial charge >= 0.3 is 0 Å². The fourth-order valence-corrected chi connectivity index (χ4v) is 3.01. The van der Waals surface area contributed by atoms with Gasteiger partial charge in [-0.1, -0.05) is 24.3 Å². The molecule has 0 saturated carbocycles. The first kappa shape index (κ1) is 15.4. The predicted molar refractivity (Wildman–Crippen MR) is 90.8 cm³/mol. The summed E-state index contributed by atoms with van der Waals surface area (Å²) >= 11 is 1.52. The van der Waals surface area contributed by atoms with Crippen molar-refractivity contribution in [1.82, 2.24) is 0 Å². The molecule has 3 nitrogen and oxygen atoms in total. The molecule has 0 aliphatic carbocycles. The molecule has 21 heavy (non-hydrogen) atoms. The molecule has 110 valence electrons. The van der Waals surface area contributed by atoms with E-state index in [-0.39, 0.29) is 5.91 Å². The summed E-state index contributed by atoms with van der Waals surface area (Å²) in [5.41, 5.74) is 8.57. The van der Waals surface area contributed by atoms with Crippen LogP contribution in [0.4, 0.5) is 11.4 Å². The highest BCUT2D eigenvalue weighted by Gasteiger charge is 2.15. The van der Waals surface area contributed by atoms with Crippen LogP contribution in [-0.4, -0.2) is 18.2 Å². The van der Waals surface area contributed by atoms with Gasteiger partial charge in [0, 0.05) is 22.8 Å². The SMILES string of the molecule is CCN(C(=O)CSc1cccc(N)c1)c1ccccc1C. The highest BCUT2D eigenvalue weighted by Crippen LogP contribution is 2.23. The molecule has 2 aromatic rings. The number of anilines is 2. The number of carbonyl (C=O) groups excluding carboxylic acids is 1. The molecule has 0 radical (unpaired) electrons. The van der Waals surface area contributed by atoms with Gasteiger partial charge in [-0.05, 0) is 43.7 Å². The first-order valence-electron chi connectivity index (χ1n) is 6.96. The van der Waals surface area contributed by atoms with E-state index in [0.717, 1.165) is 21.8 Å². The minimum Gasteiger partial charge on any atom is -0.399 e. The lowest BCUT2D eigenvalue weighted by Gasteiger charge is -2.22. The number of para-hydroxylation sites is 1. The fourth-order valence-electron chi connectivity index (χ4n) is 2.17. The standard InChI is InChI=1S/C17H20N2OS/c1-3-19(16-10-5-4-7-13(16)2)17(20)12-21-15-9-6-8-14(18)11-15/h4-11H,3,12,18H2,1-2H3. The molecule has 2 aromatic carbocycles. The molecule has 0 unspecified atom stereocenters. The van der Waals surface area contributed by atoms with Crippen molar-refractivity contribution in [1.29, 1.82) is 0 Å². The van der Waals surface area contributed by atoms with Crippen LogP contribution in [0.2, 0.25) is 0 Å². The van der Waals surface area contributed by atoms with Crippen LogP contribution in [0, 0.1) is 6.92 Å². The summed E-state index contributed by atoms with van der Waals surface area (Å²) in [7, 11) is 0. The number of nitrogens with two attached hydrogens (primary N) is 1. The summed E-state index contributed by atoms with van der Waals surface area (Å²) in [5.74, 6) is 0.519. The van der Waals surface area contributed by atoms with Gasteiger partial charge in [-0.25, -0.2) is 0 Å². The predicted octanol–water partition coefficient (Wildman–Crippen LogP) is 3.72. The lowest BCUT2D eigenvalue weighted by atomic mass is 10.2. The number of benzene rings is 2. The van der Waals surface area contributed by atoms with Crippen LogP contribution in [0.25, 0.3) is 0 Å². The van der Waals surface area contributed by atoms with Gasteiger partial charge in [-0.3, -0.25) is 4.79 Å². The number of aryl methyl sites for hydroxylation is 1. The number of amides is 1. The molecule has 0 aliphatic rings. The first-order valence-corrected chi connectivity index (χ1v) is 7.94. The van der Waals surface area contributed by atoms with Crippen molar-refractivity contribution >= 4 is 29.0 Å². The van der Waals surface area contributed by atoms with E-state index in [1.54, 1.807) is 0 Å². The third kappa shape index (κ3) is 4.02. The van der Waals surface area contributed by atoms with Gasteiger partial charge in [0.1, 0.15) is 0 Å². The summed E-state index contributed by atoms with van der Waals surface area (Å²) in [5, 5.41) is 0. The zero-order valence-electron chi connectivity index (χ0n) is 12.4. The van der Waals surface area contributed by atoms with Gasteiger partial charge in [-0.15, -0.1) is 11.8 Å². The average molecular weight is 300 g/mol. The van der Waals surface area contributed by atoms with E-state index in [0.29, 0.717) is 12.3 Å². The average Bonchev–Trinajstić information content (AvgIpc) is 2.48. The number of thioether (sulfide) groups is 1. The topological polar surface area (TPSA) is 46.3 Å². The largest absolute Gasteiger partial charge is 0.399 e. The lowest BCUT2D eigenvalue weighted by Crippen LogP contribution is -2.32. The second-order valence-electron chi connectivity index (χ2n) is 4.79. The Balaban J connectivity index is 2.06. The maximum absolute atomic E-state index is 12.5. The van der Waals surface area contributed by atoms with Gasteiger partial charge in [0.15, 0.2) is 0 Å². The Morgan fingerprint density at radius 1 is 1.19 bits per heavy atom. The van der Waals surface area contributed by atoms with Crippen LogP contribution in [0.5, 0.6) is 0 Å². The molecule has 0 bridgehead atoms. The molecule has 0 aromatic heterocycles. The fraction of sp³-hybridized carbons (Fsp3) is 0.235. The number of hydrogen-bond acceptors (Lipinski definition) is 3. The summed E-state index contributed by atoms with van der Waals surface area (Å²) < 4.78 is 0. The quantitative estimate of drug-likeness (QED) is 0.676. The second kappa shape index (κ2) is 7.18. The van der Waals surface area contributed by atoms with E-state index in [9.17, 15) is 4.79 Å². The normalized spacial score (nSPS) is 10.4. The van der Waals surface area contributed by atoms with Crippen molar-refractivity contribution in [3.8, 4) is 0 Å². The monoisotopic (exact) mass is 300 g/mol. The third-order valence-electron chi connectivity index (χ3n) is 3.24.